The van der Waals surface area contributed by atoms with Crippen molar-refractivity contribution in [2.45, 2.75) is 26.0 Å². The van der Waals surface area contributed by atoms with Crippen LogP contribution >= 0.6 is 0 Å². The molecule has 1 amide bonds. The van der Waals surface area contributed by atoms with E-state index in [4.69, 9.17) is 14.2 Å². The minimum absolute atomic E-state index is 0.345. The third kappa shape index (κ3) is 6.82. The first-order valence-electron chi connectivity index (χ1n) is 9.24. The molecular formula is C19H31N3O4. The van der Waals surface area contributed by atoms with Crippen LogP contribution in [-0.4, -0.2) is 75.7 Å². The third-order valence-electron chi connectivity index (χ3n) is 4.34. The number of ether oxygens (including phenoxy) is 3. The fourth-order valence-electron chi connectivity index (χ4n) is 2.74. The molecule has 0 radical (unpaired) electrons. The molecule has 7 heteroatoms. The number of carbonyl (C=O) groups is 1. The van der Waals surface area contributed by atoms with Crippen molar-refractivity contribution in [1.29, 1.82) is 0 Å². The summed E-state index contributed by atoms with van der Waals surface area (Å²) in [5.41, 5.74) is 0.651. The number of nitrogens with zero attached hydrogens (tertiary/aromatic N) is 2. The average Bonchev–Trinajstić information content (AvgIpc) is 2.62. The van der Waals surface area contributed by atoms with Gasteiger partial charge in [0.05, 0.1) is 13.2 Å². The standard InChI is InChI=1S/C19H31N3O4/c1-4-5-13-25-17-8-6-7-16(14-17)20-19(23)26-18(15-24-3)22-11-9-21(2)10-12-22/h6-8,14,18H,4-5,9-13,15H2,1-3H3,(H,20,23). The molecule has 0 aliphatic carbocycles. The van der Waals surface area contributed by atoms with Crippen LogP contribution in [0.5, 0.6) is 5.75 Å². The molecule has 1 fully saturated rings. The van der Waals surface area contributed by atoms with Crippen molar-refractivity contribution in [2.24, 2.45) is 0 Å². The molecule has 1 N–H and O–H groups in total. The number of unbranched alkanes of at least 4 members (excludes halogenated alkanes) is 1. The molecule has 1 aromatic rings. The number of benzene rings is 1. The van der Waals surface area contributed by atoms with E-state index in [1.165, 1.54) is 0 Å². The van der Waals surface area contributed by atoms with Crippen molar-refractivity contribution >= 4 is 11.8 Å². The molecule has 1 saturated heterocycles. The fourth-order valence-corrected chi connectivity index (χ4v) is 2.74. The van der Waals surface area contributed by atoms with Crippen molar-refractivity contribution in [3.63, 3.8) is 0 Å². The number of carbonyl (C=O) groups excluding carboxylic acids is 1. The van der Waals surface area contributed by atoms with E-state index in [-0.39, 0.29) is 0 Å². The molecule has 2 rings (SSSR count). The van der Waals surface area contributed by atoms with Crippen molar-refractivity contribution in [3.8, 4) is 5.75 Å². The van der Waals surface area contributed by atoms with Crippen molar-refractivity contribution < 1.29 is 19.0 Å². The summed E-state index contributed by atoms with van der Waals surface area (Å²) in [5, 5.41) is 2.78. The lowest BCUT2D eigenvalue weighted by atomic mass is 10.3. The predicted octanol–water partition coefficient (Wildman–Crippen LogP) is 2.63. The highest BCUT2D eigenvalue weighted by Crippen LogP contribution is 2.18. The van der Waals surface area contributed by atoms with Crippen LogP contribution in [0.1, 0.15) is 19.8 Å². The van der Waals surface area contributed by atoms with Crippen LogP contribution < -0.4 is 10.1 Å². The third-order valence-corrected chi connectivity index (χ3v) is 4.34. The minimum atomic E-state index is -0.489. The molecule has 26 heavy (non-hydrogen) atoms. The molecule has 0 saturated carbocycles. The van der Waals surface area contributed by atoms with E-state index in [9.17, 15) is 4.79 Å². The topological polar surface area (TPSA) is 63.3 Å². The van der Waals surface area contributed by atoms with Gasteiger partial charge in [0.2, 0.25) is 0 Å². The highest BCUT2D eigenvalue weighted by atomic mass is 16.6. The molecule has 1 heterocycles. The Hall–Kier alpha value is -1.83. The largest absolute Gasteiger partial charge is 0.494 e. The van der Waals surface area contributed by atoms with Gasteiger partial charge in [-0.2, -0.15) is 0 Å². The summed E-state index contributed by atoms with van der Waals surface area (Å²) in [7, 11) is 3.70. The maximum absolute atomic E-state index is 12.3. The van der Waals surface area contributed by atoms with Crippen LogP contribution in [0.15, 0.2) is 24.3 Å². The molecule has 1 aliphatic rings. The van der Waals surface area contributed by atoms with Gasteiger partial charge < -0.3 is 19.1 Å². The number of piperazine rings is 1. The number of methoxy groups -OCH3 is 1. The first-order chi connectivity index (χ1) is 12.6. The molecule has 7 nitrogen and oxygen atoms in total. The molecule has 1 aliphatic heterocycles. The summed E-state index contributed by atoms with van der Waals surface area (Å²) in [6.45, 7) is 6.72. The second-order valence-electron chi connectivity index (χ2n) is 6.51. The lowest BCUT2D eigenvalue weighted by molar-refractivity contribution is -0.0658. The Bertz CT molecular complexity index is 547. The van der Waals surface area contributed by atoms with Gasteiger partial charge in [0.25, 0.3) is 0 Å². The summed E-state index contributed by atoms with van der Waals surface area (Å²) < 4.78 is 16.5. The maximum Gasteiger partial charge on any atom is 0.413 e. The van der Waals surface area contributed by atoms with E-state index in [0.29, 0.717) is 18.9 Å². The Kier molecular flexibility index (Phi) is 8.67. The Morgan fingerprint density at radius 2 is 2.04 bits per heavy atom. The number of rotatable bonds is 9. The predicted molar refractivity (Wildman–Crippen MR) is 102 cm³/mol. The summed E-state index contributed by atoms with van der Waals surface area (Å²) in [5.74, 6) is 0.740. The molecular weight excluding hydrogens is 334 g/mol. The van der Waals surface area contributed by atoms with Crippen molar-refractivity contribution in [2.75, 3.05) is 58.9 Å². The second kappa shape index (κ2) is 11.0. The van der Waals surface area contributed by atoms with Gasteiger partial charge in [-0.05, 0) is 25.6 Å². The van der Waals surface area contributed by atoms with E-state index in [1.54, 1.807) is 13.2 Å². The normalized spacial score (nSPS) is 16.9. The quantitative estimate of drug-likeness (QED) is 0.679. The highest BCUT2D eigenvalue weighted by Gasteiger charge is 2.25. The van der Waals surface area contributed by atoms with E-state index in [2.05, 4.69) is 29.1 Å². The van der Waals surface area contributed by atoms with Crippen molar-refractivity contribution in [3.05, 3.63) is 24.3 Å². The number of likely N-dealkylation sites (N-methyl/N-ethyl adjacent to an activating group) is 1. The van der Waals surface area contributed by atoms with Gasteiger partial charge >= 0.3 is 6.09 Å². The van der Waals surface area contributed by atoms with Crippen LogP contribution in [-0.2, 0) is 9.47 Å². The minimum Gasteiger partial charge on any atom is -0.494 e. The smallest absolute Gasteiger partial charge is 0.413 e. The monoisotopic (exact) mass is 365 g/mol. The molecule has 1 unspecified atom stereocenters. The first-order valence-corrected chi connectivity index (χ1v) is 9.24. The Morgan fingerprint density at radius 3 is 2.73 bits per heavy atom. The number of nitrogens with one attached hydrogen (secondary N) is 1. The van der Waals surface area contributed by atoms with Gasteiger partial charge in [-0.3, -0.25) is 10.2 Å². The number of hydrogen-bond acceptors (Lipinski definition) is 6. The van der Waals surface area contributed by atoms with Crippen LogP contribution in [0.4, 0.5) is 10.5 Å². The van der Waals surface area contributed by atoms with E-state index in [1.807, 2.05) is 18.2 Å². The van der Waals surface area contributed by atoms with Gasteiger partial charge in [0.15, 0.2) is 6.23 Å². The van der Waals surface area contributed by atoms with Crippen LogP contribution in [0, 0.1) is 0 Å². The Labute approximate surface area is 156 Å². The van der Waals surface area contributed by atoms with Gasteiger partial charge in [0.1, 0.15) is 5.75 Å². The van der Waals surface area contributed by atoms with E-state index < -0.39 is 12.3 Å². The van der Waals surface area contributed by atoms with E-state index >= 15 is 0 Å². The van der Waals surface area contributed by atoms with Gasteiger partial charge in [-0.25, -0.2) is 4.79 Å². The van der Waals surface area contributed by atoms with Gasteiger partial charge in [-0.15, -0.1) is 0 Å². The zero-order valence-electron chi connectivity index (χ0n) is 16.1. The zero-order valence-corrected chi connectivity index (χ0v) is 16.1. The number of amides is 1. The summed E-state index contributed by atoms with van der Waals surface area (Å²) >= 11 is 0. The lowest BCUT2D eigenvalue weighted by Crippen LogP contribution is -2.52. The molecule has 0 aromatic heterocycles. The Morgan fingerprint density at radius 1 is 1.27 bits per heavy atom. The first kappa shape index (κ1) is 20.5. The summed E-state index contributed by atoms with van der Waals surface area (Å²) in [4.78, 5) is 16.7. The molecule has 1 aromatic carbocycles. The zero-order chi connectivity index (χ0) is 18.8. The van der Waals surface area contributed by atoms with Crippen molar-refractivity contribution in [1.82, 2.24) is 9.80 Å². The molecule has 0 spiro atoms. The summed E-state index contributed by atoms with van der Waals surface area (Å²) in [6, 6.07) is 7.35. The van der Waals surface area contributed by atoms with Crippen LogP contribution in [0.2, 0.25) is 0 Å². The highest BCUT2D eigenvalue weighted by molar-refractivity contribution is 5.84. The summed E-state index contributed by atoms with van der Waals surface area (Å²) in [6.07, 6.45) is 1.20. The van der Waals surface area contributed by atoms with E-state index in [0.717, 1.165) is 44.8 Å². The average molecular weight is 365 g/mol. The fraction of sp³-hybridized carbons (Fsp3) is 0.632. The lowest BCUT2D eigenvalue weighted by Gasteiger charge is -2.36. The molecule has 0 bridgehead atoms. The Balaban J connectivity index is 1.88. The molecule has 146 valence electrons. The molecule has 1 atom stereocenters. The van der Waals surface area contributed by atoms with Crippen LogP contribution in [0.3, 0.4) is 0 Å². The number of hydrogen-bond donors (Lipinski definition) is 1. The number of anilines is 1. The second-order valence-corrected chi connectivity index (χ2v) is 6.51. The van der Waals surface area contributed by atoms with Gasteiger partial charge in [0, 0.05) is 45.0 Å². The van der Waals surface area contributed by atoms with Crippen LogP contribution in [0.25, 0.3) is 0 Å². The maximum atomic E-state index is 12.3. The SMILES string of the molecule is CCCCOc1cccc(NC(=O)OC(COC)N2CCN(C)CC2)c1. The van der Waals surface area contributed by atoms with Gasteiger partial charge in [-0.1, -0.05) is 19.4 Å².